The Hall–Kier alpha value is -1.75. The van der Waals surface area contributed by atoms with Crippen LogP contribution in [-0.2, 0) is 0 Å². The lowest BCUT2D eigenvalue weighted by atomic mass is 9.87. The minimum atomic E-state index is -0.379. The highest BCUT2D eigenvalue weighted by atomic mass is 16.5. The predicted octanol–water partition coefficient (Wildman–Crippen LogP) is 3.00. The van der Waals surface area contributed by atoms with Gasteiger partial charge in [0.1, 0.15) is 5.75 Å². The smallest absolute Gasteiger partial charge is 0.319 e. The number of amides is 2. The van der Waals surface area contributed by atoms with E-state index in [0.29, 0.717) is 25.3 Å². The molecule has 0 heterocycles. The Labute approximate surface area is 126 Å². The van der Waals surface area contributed by atoms with Crippen molar-refractivity contribution in [2.75, 3.05) is 18.5 Å². The first kappa shape index (κ1) is 17.3. The Bertz CT molecular complexity index is 441. The highest BCUT2D eigenvalue weighted by Gasteiger charge is 2.21. The summed E-state index contributed by atoms with van der Waals surface area (Å²) in [5.74, 6) is 0.779. The molecule has 21 heavy (non-hydrogen) atoms. The normalized spacial score (nSPS) is 12.6. The number of ether oxygens (including phenoxy) is 1. The summed E-state index contributed by atoms with van der Waals surface area (Å²) in [6.07, 6.45) is 0.257. The third-order valence-electron chi connectivity index (χ3n) is 3.00. The van der Waals surface area contributed by atoms with Crippen LogP contribution in [0.3, 0.4) is 0 Å². The maximum atomic E-state index is 11.8. The molecule has 1 aromatic carbocycles. The second kappa shape index (κ2) is 7.88. The van der Waals surface area contributed by atoms with E-state index in [1.165, 1.54) is 0 Å². The molecule has 0 spiro atoms. The first-order valence-electron chi connectivity index (χ1n) is 7.28. The Morgan fingerprint density at radius 3 is 2.48 bits per heavy atom. The van der Waals surface area contributed by atoms with Crippen LogP contribution >= 0.6 is 0 Å². The van der Waals surface area contributed by atoms with Crippen molar-refractivity contribution in [3.8, 4) is 5.75 Å². The van der Waals surface area contributed by atoms with E-state index in [1.54, 1.807) is 19.1 Å². The van der Waals surface area contributed by atoms with Crippen LogP contribution in [0.15, 0.2) is 24.3 Å². The van der Waals surface area contributed by atoms with Crippen molar-refractivity contribution < 1.29 is 14.6 Å². The molecule has 0 saturated heterocycles. The molecule has 0 fully saturated rings. The zero-order chi connectivity index (χ0) is 15.9. The quantitative estimate of drug-likeness (QED) is 0.724. The van der Waals surface area contributed by atoms with Gasteiger partial charge in [-0.3, -0.25) is 0 Å². The van der Waals surface area contributed by atoms with Gasteiger partial charge in [0.05, 0.1) is 12.7 Å². The summed E-state index contributed by atoms with van der Waals surface area (Å²) in [6.45, 7) is 8.82. The summed E-state index contributed by atoms with van der Waals surface area (Å²) in [5, 5.41) is 15.0. The highest BCUT2D eigenvalue weighted by molar-refractivity contribution is 5.89. The zero-order valence-electron chi connectivity index (χ0n) is 13.3. The van der Waals surface area contributed by atoms with Crippen LogP contribution in [0.5, 0.6) is 5.75 Å². The Morgan fingerprint density at radius 2 is 1.95 bits per heavy atom. The van der Waals surface area contributed by atoms with Gasteiger partial charge < -0.3 is 20.5 Å². The number of nitrogens with one attached hydrogen (secondary N) is 2. The molecule has 1 rings (SSSR count). The van der Waals surface area contributed by atoms with Gasteiger partial charge in [-0.05, 0) is 49.9 Å². The van der Waals surface area contributed by atoms with Crippen molar-refractivity contribution in [3.05, 3.63) is 24.3 Å². The van der Waals surface area contributed by atoms with E-state index in [0.717, 1.165) is 5.75 Å². The molecule has 118 valence electrons. The van der Waals surface area contributed by atoms with Crippen molar-refractivity contribution in [1.82, 2.24) is 5.32 Å². The fourth-order valence-corrected chi connectivity index (χ4v) is 2.17. The zero-order valence-corrected chi connectivity index (χ0v) is 13.3. The van der Waals surface area contributed by atoms with Crippen LogP contribution in [0.2, 0.25) is 0 Å². The third kappa shape index (κ3) is 6.99. The SMILES string of the molecule is CCOc1ccc(NC(=O)NCC(C)(C)CC(C)O)cc1. The lowest BCUT2D eigenvalue weighted by molar-refractivity contribution is 0.129. The maximum Gasteiger partial charge on any atom is 0.319 e. The molecule has 0 aliphatic rings. The van der Waals surface area contributed by atoms with Gasteiger partial charge in [-0.25, -0.2) is 4.79 Å². The lowest BCUT2D eigenvalue weighted by Crippen LogP contribution is -2.38. The molecule has 0 aliphatic carbocycles. The summed E-state index contributed by atoms with van der Waals surface area (Å²) in [7, 11) is 0. The van der Waals surface area contributed by atoms with Gasteiger partial charge in [0.25, 0.3) is 0 Å². The van der Waals surface area contributed by atoms with Crippen LogP contribution < -0.4 is 15.4 Å². The summed E-state index contributed by atoms with van der Waals surface area (Å²) < 4.78 is 5.34. The largest absolute Gasteiger partial charge is 0.494 e. The standard InChI is InChI=1S/C16H26N2O3/c1-5-21-14-8-6-13(7-9-14)18-15(20)17-11-16(3,4)10-12(2)19/h6-9,12,19H,5,10-11H2,1-4H3,(H2,17,18,20). The van der Waals surface area contributed by atoms with Crippen molar-refractivity contribution in [2.45, 2.75) is 40.2 Å². The van der Waals surface area contributed by atoms with Crippen LogP contribution in [0.25, 0.3) is 0 Å². The van der Waals surface area contributed by atoms with Gasteiger partial charge in [-0.15, -0.1) is 0 Å². The Morgan fingerprint density at radius 1 is 1.33 bits per heavy atom. The number of carbonyl (C=O) groups is 1. The number of carbonyl (C=O) groups excluding carboxylic acids is 1. The number of aliphatic hydroxyl groups excluding tert-OH is 1. The van der Waals surface area contributed by atoms with E-state index < -0.39 is 0 Å². The van der Waals surface area contributed by atoms with Gasteiger partial charge in [-0.2, -0.15) is 0 Å². The van der Waals surface area contributed by atoms with E-state index >= 15 is 0 Å². The first-order valence-corrected chi connectivity index (χ1v) is 7.28. The third-order valence-corrected chi connectivity index (χ3v) is 3.00. The molecule has 5 nitrogen and oxygen atoms in total. The molecule has 3 N–H and O–H groups in total. The number of aliphatic hydroxyl groups is 1. The van der Waals surface area contributed by atoms with Gasteiger partial charge in [0.2, 0.25) is 0 Å². The number of hydrogen-bond acceptors (Lipinski definition) is 3. The summed E-state index contributed by atoms with van der Waals surface area (Å²) >= 11 is 0. The van der Waals surface area contributed by atoms with Gasteiger partial charge >= 0.3 is 6.03 Å². The van der Waals surface area contributed by atoms with Crippen molar-refractivity contribution in [1.29, 1.82) is 0 Å². The second-order valence-electron chi connectivity index (χ2n) is 5.98. The highest BCUT2D eigenvalue weighted by Crippen LogP contribution is 2.21. The molecule has 0 radical (unpaired) electrons. The number of urea groups is 1. The predicted molar refractivity (Wildman–Crippen MR) is 84.7 cm³/mol. The molecule has 0 bridgehead atoms. The van der Waals surface area contributed by atoms with Crippen LogP contribution in [0.1, 0.15) is 34.1 Å². The summed E-state index contributed by atoms with van der Waals surface area (Å²) in [6, 6.07) is 6.97. The topological polar surface area (TPSA) is 70.6 Å². The average Bonchev–Trinajstić information content (AvgIpc) is 2.38. The van der Waals surface area contributed by atoms with Crippen LogP contribution in [0, 0.1) is 5.41 Å². The molecule has 5 heteroatoms. The summed E-state index contributed by atoms with van der Waals surface area (Å²) in [5.41, 5.74) is 0.564. The monoisotopic (exact) mass is 294 g/mol. The van der Waals surface area contributed by atoms with Gasteiger partial charge in [0.15, 0.2) is 0 Å². The van der Waals surface area contributed by atoms with Crippen molar-refractivity contribution in [3.63, 3.8) is 0 Å². The van der Waals surface area contributed by atoms with E-state index in [4.69, 9.17) is 4.74 Å². The number of benzene rings is 1. The lowest BCUT2D eigenvalue weighted by Gasteiger charge is -2.26. The fraction of sp³-hybridized carbons (Fsp3) is 0.562. The van der Waals surface area contributed by atoms with Crippen LogP contribution in [-0.4, -0.2) is 30.4 Å². The van der Waals surface area contributed by atoms with E-state index in [9.17, 15) is 9.90 Å². The molecule has 0 aliphatic heterocycles. The molecule has 0 saturated carbocycles. The summed E-state index contributed by atoms with van der Waals surface area (Å²) in [4.78, 5) is 11.8. The van der Waals surface area contributed by atoms with E-state index in [2.05, 4.69) is 10.6 Å². The van der Waals surface area contributed by atoms with Gasteiger partial charge in [0, 0.05) is 12.2 Å². The molecule has 2 amide bonds. The molecular weight excluding hydrogens is 268 g/mol. The molecule has 1 unspecified atom stereocenters. The fourth-order valence-electron chi connectivity index (χ4n) is 2.17. The molecular formula is C16H26N2O3. The van der Waals surface area contributed by atoms with E-state index in [1.807, 2.05) is 32.9 Å². The van der Waals surface area contributed by atoms with E-state index in [-0.39, 0.29) is 17.6 Å². The minimum absolute atomic E-state index is 0.148. The Balaban J connectivity index is 2.43. The molecule has 0 aromatic heterocycles. The van der Waals surface area contributed by atoms with Crippen molar-refractivity contribution >= 4 is 11.7 Å². The number of hydrogen-bond donors (Lipinski definition) is 3. The van der Waals surface area contributed by atoms with Gasteiger partial charge in [-0.1, -0.05) is 13.8 Å². The second-order valence-corrected chi connectivity index (χ2v) is 5.98. The van der Waals surface area contributed by atoms with Crippen LogP contribution in [0.4, 0.5) is 10.5 Å². The minimum Gasteiger partial charge on any atom is -0.494 e. The Kier molecular flexibility index (Phi) is 6.49. The average molecular weight is 294 g/mol. The van der Waals surface area contributed by atoms with Crippen molar-refractivity contribution in [2.24, 2.45) is 5.41 Å². The first-order chi connectivity index (χ1) is 9.82. The maximum absolute atomic E-state index is 11.8. The molecule has 1 atom stereocenters. The number of anilines is 1. The molecule has 1 aromatic rings. The number of rotatable bonds is 7.